The normalized spacial score (nSPS) is 10.8. The minimum absolute atomic E-state index is 0.161. The minimum atomic E-state index is 0.161. The molecular formula is C19H19N9S. The Morgan fingerprint density at radius 3 is 2.59 bits per heavy atom. The average Bonchev–Trinajstić information content (AvgIpc) is 3.15. The van der Waals surface area contributed by atoms with Crippen molar-refractivity contribution in [3.05, 3.63) is 71.5 Å². The number of aryl methyl sites for hydroxylation is 1. The number of benzene rings is 2. The molecule has 146 valence electrons. The molecule has 0 aliphatic heterocycles. The van der Waals surface area contributed by atoms with Crippen LogP contribution >= 0.6 is 11.8 Å². The SMILES string of the molecule is Cc1ccc(Nc2nc(N)nc(CSc3nnnn3Cc3ccccc3)n2)cc1. The van der Waals surface area contributed by atoms with Crippen molar-refractivity contribution < 1.29 is 0 Å². The van der Waals surface area contributed by atoms with Gasteiger partial charge in [-0.25, -0.2) is 4.68 Å². The summed E-state index contributed by atoms with van der Waals surface area (Å²) in [5.74, 6) is 1.58. The second kappa shape index (κ2) is 8.65. The molecule has 0 spiro atoms. The highest BCUT2D eigenvalue weighted by Crippen LogP contribution is 2.21. The van der Waals surface area contributed by atoms with Crippen LogP contribution in [0.3, 0.4) is 0 Å². The van der Waals surface area contributed by atoms with Gasteiger partial charge in [-0.3, -0.25) is 0 Å². The summed E-state index contributed by atoms with van der Waals surface area (Å²) in [5.41, 5.74) is 9.04. The van der Waals surface area contributed by atoms with Gasteiger partial charge in [0.25, 0.3) is 0 Å². The van der Waals surface area contributed by atoms with Crippen molar-refractivity contribution in [2.75, 3.05) is 11.1 Å². The van der Waals surface area contributed by atoms with Gasteiger partial charge in [0.05, 0.1) is 12.3 Å². The van der Waals surface area contributed by atoms with Crippen molar-refractivity contribution in [3.8, 4) is 0 Å². The van der Waals surface area contributed by atoms with Crippen LogP contribution < -0.4 is 11.1 Å². The second-order valence-corrected chi connectivity index (χ2v) is 7.26. The number of anilines is 3. The molecule has 9 nitrogen and oxygen atoms in total. The quantitative estimate of drug-likeness (QED) is 0.447. The first-order valence-electron chi connectivity index (χ1n) is 8.93. The Bertz CT molecular complexity index is 1080. The van der Waals surface area contributed by atoms with E-state index < -0.39 is 0 Å². The lowest BCUT2D eigenvalue weighted by molar-refractivity contribution is 0.602. The monoisotopic (exact) mass is 405 g/mol. The van der Waals surface area contributed by atoms with E-state index in [0.29, 0.717) is 29.2 Å². The van der Waals surface area contributed by atoms with Gasteiger partial charge in [0.2, 0.25) is 17.1 Å². The number of aromatic nitrogens is 7. The van der Waals surface area contributed by atoms with E-state index in [2.05, 4.69) is 35.8 Å². The van der Waals surface area contributed by atoms with Crippen LogP contribution in [0.2, 0.25) is 0 Å². The summed E-state index contributed by atoms with van der Waals surface area (Å²) in [5, 5.41) is 15.8. The zero-order valence-corrected chi connectivity index (χ0v) is 16.5. The molecule has 4 rings (SSSR count). The summed E-state index contributed by atoms with van der Waals surface area (Å²) in [4.78, 5) is 12.8. The Labute approximate surface area is 171 Å². The molecule has 0 fully saturated rings. The number of thioether (sulfide) groups is 1. The van der Waals surface area contributed by atoms with Crippen molar-refractivity contribution >= 4 is 29.3 Å². The average molecular weight is 405 g/mol. The van der Waals surface area contributed by atoms with E-state index in [-0.39, 0.29) is 5.95 Å². The fraction of sp³-hybridized carbons (Fsp3) is 0.158. The molecule has 0 aliphatic rings. The molecule has 10 heteroatoms. The number of tetrazole rings is 1. The molecule has 4 aromatic rings. The van der Waals surface area contributed by atoms with Crippen LogP contribution in [0.1, 0.15) is 17.0 Å². The summed E-state index contributed by atoms with van der Waals surface area (Å²) in [6.45, 7) is 2.63. The molecule has 2 aromatic carbocycles. The largest absolute Gasteiger partial charge is 0.368 e. The lowest BCUT2D eigenvalue weighted by atomic mass is 10.2. The predicted octanol–water partition coefficient (Wildman–Crippen LogP) is 2.83. The zero-order valence-electron chi connectivity index (χ0n) is 15.7. The van der Waals surface area contributed by atoms with Crippen LogP contribution in [0, 0.1) is 6.92 Å². The highest BCUT2D eigenvalue weighted by Gasteiger charge is 2.11. The van der Waals surface area contributed by atoms with Gasteiger partial charge in [0.1, 0.15) is 5.82 Å². The highest BCUT2D eigenvalue weighted by molar-refractivity contribution is 7.98. The van der Waals surface area contributed by atoms with Crippen LogP contribution in [0.15, 0.2) is 59.8 Å². The molecule has 29 heavy (non-hydrogen) atoms. The molecular weight excluding hydrogens is 386 g/mol. The lowest BCUT2D eigenvalue weighted by Crippen LogP contribution is -2.07. The Kier molecular flexibility index (Phi) is 5.61. The van der Waals surface area contributed by atoms with Crippen LogP contribution in [0.4, 0.5) is 17.6 Å². The number of nitrogens with one attached hydrogen (secondary N) is 1. The van der Waals surface area contributed by atoms with Crippen LogP contribution in [-0.2, 0) is 12.3 Å². The number of hydrogen-bond acceptors (Lipinski definition) is 9. The van der Waals surface area contributed by atoms with Gasteiger partial charge >= 0.3 is 0 Å². The summed E-state index contributed by atoms with van der Waals surface area (Å²) >= 11 is 1.44. The first kappa shape index (κ1) is 18.8. The number of hydrogen-bond donors (Lipinski definition) is 2. The third-order valence-electron chi connectivity index (χ3n) is 4.01. The highest BCUT2D eigenvalue weighted by atomic mass is 32.2. The van der Waals surface area contributed by atoms with E-state index in [1.165, 1.54) is 17.3 Å². The molecule has 0 amide bonds. The Morgan fingerprint density at radius 1 is 1.00 bits per heavy atom. The van der Waals surface area contributed by atoms with E-state index in [1.54, 1.807) is 4.68 Å². The summed E-state index contributed by atoms with van der Waals surface area (Å²) in [6.07, 6.45) is 0. The van der Waals surface area contributed by atoms with Crippen LogP contribution in [0.25, 0.3) is 0 Å². The smallest absolute Gasteiger partial charge is 0.232 e. The lowest BCUT2D eigenvalue weighted by Gasteiger charge is -2.08. The van der Waals surface area contributed by atoms with Gasteiger partial charge in [0.15, 0.2) is 0 Å². The van der Waals surface area contributed by atoms with Crippen molar-refractivity contribution in [2.24, 2.45) is 0 Å². The van der Waals surface area contributed by atoms with Gasteiger partial charge in [-0.05, 0) is 35.0 Å². The topological polar surface area (TPSA) is 120 Å². The van der Waals surface area contributed by atoms with Crippen LogP contribution in [-0.4, -0.2) is 35.2 Å². The molecule has 0 atom stereocenters. The molecule has 0 unspecified atom stereocenters. The van der Waals surface area contributed by atoms with Crippen molar-refractivity contribution in [1.82, 2.24) is 35.2 Å². The maximum Gasteiger partial charge on any atom is 0.232 e. The van der Waals surface area contributed by atoms with E-state index in [0.717, 1.165) is 11.3 Å². The predicted molar refractivity (Wildman–Crippen MR) is 112 cm³/mol. The standard InChI is InChI=1S/C19H19N9S/c1-13-7-9-15(10-8-13)21-18-23-16(22-17(20)24-18)12-29-19-25-26-27-28(19)11-14-5-3-2-4-6-14/h2-10H,11-12H2,1H3,(H3,20,21,22,23,24). The number of rotatable bonds is 7. The maximum absolute atomic E-state index is 5.86. The Hall–Kier alpha value is -3.53. The molecule has 0 saturated carbocycles. The molecule has 0 aliphatic carbocycles. The van der Waals surface area contributed by atoms with Crippen molar-refractivity contribution in [2.45, 2.75) is 24.4 Å². The van der Waals surface area contributed by atoms with Gasteiger partial charge in [-0.15, -0.1) is 5.10 Å². The molecule has 0 saturated heterocycles. The molecule has 2 aromatic heterocycles. The summed E-state index contributed by atoms with van der Waals surface area (Å²) in [6, 6.07) is 18.0. The molecule has 0 radical (unpaired) electrons. The first-order chi connectivity index (χ1) is 14.2. The number of nitrogens with zero attached hydrogens (tertiary/aromatic N) is 7. The first-order valence-corrected chi connectivity index (χ1v) is 9.91. The molecule has 2 heterocycles. The fourth-order valence-corrected chi connectivity index (χ4v) is 3.34. The second-order valence-electron chi connectivity index (χ2n) is 6.32. The van der Waals surface area contributed by atoms with Crippen molar-refractivity contribution in [3.63, 3.8) is 0 Å². The third kappa shape index (κ3) is 5.05. The molecule has 3 N–H and O–H groups in total. The maximum atomic E-state index is 5.86. The molecule has 0 bridgehead atoms. The van der Waals surface area contributed by atoms with E-state index in [1.807, 2.05) is 61.5 Å². The van der Waals surface area contributed by atoms with E-state index in [9.17, 15) is 0 Å². The van der Waals surface area contributed by atoms with Gasteiger partial charge in [-0.2, -0.15) is 15.0 Å². The van der Waals surface area contributed by atoms with Gasteiger partial charge < -0.3 is 11.1 Å². The zero-order chi connectivity index (χ0) is 20.1. The van der Waals surface area contributed by atoms with Crippen molar-refractivity contribution in [1.29, 1.82) is 0 Å². The van der Waals surface area contributed by atoms with E-state index >= 15 is 0 Å². The Balaban J connectivity index is 1.44. The van der Waals surface area contributed by atoms with Crippen LogP contribution in [0.5, 0.6) is 0 Å². The van der Waals surface area contributed by atoms with E-state index in [4.69, 9.17) is 5.73 Å². The third-order valence-corrected chi connectivity index (χ3v) is 4.96. The van der Waals surface area contributed by atoms with Gasteiger partial charge in [-0.1, -0.05) is 59.8 Å². The summed E-state index contributed by atoms with van der Waals surface area (Å²) < 4.78 is 1.75. The Morgan fingerprint density at radius 2 is 1.79 bits per heavy atom. The number of nitrogen functional groups attached to an aromatic ring is 1. The summed E-state index contributed by atoms with van der Waals surface area (Å²) in [7, 11) is 0. The van der Waals surface area contributed by atoms with Gasteiger partial charge in [0, 0.05) is 5.69 Å². The minimum Gasteiger partial charge on any atom is -0.368 e. The number of nitrogens with two attached hydrogens (primary N) is 1. The fourth-order valence-electron chi connectivity index (χ4n) is 2.61.